The SMILES string of the molecule is CNC(=O)Cc1ccc(Oc2ccc(-c3ccc4c(c3)CCN(C3CCC3)CC4)cc2)nc1. The van der Waals surface area contributed by atoms with Gasteiger partial charge in [0, 0.05) is 38.4 Å². The molecule has 2 aliphatic rings. The minimum atomic E-state index is -0.0328. The van der Waals surface area contributed by atoms with Gasteiger partial charge in [-0.2, -0.15) is 0 Å². The molecule has 1 amide bonds. The Bertz CT molecular complexity index is 1100. The highest BCUT2D eigenvalue weighted by Crippen LogP contribution is 2.30. The maximum absolute atomic E-state index is 11.5. The Hall–Kier alpha value is -3.18. The fourth-order valence-corrected chi connectivity index (χ4v) is 4.72. The molecule has 3 aromatic rings. The first kappa shape index (κ1) is 21.7. The summed E-state index contributed by atoms with van der Waals surface area (Å²) < 4.78 is 5.90. The van der Waals surface area contributed by atoms with E-state index < -0.39 is 0 Å². The van der Waals surface area contributed by atoms with E-state index in [0.717, 1.165) is 30.2 Å². The quantitative estimate of drug-likeness (QED) is 0.598. The van der Waals surface area contributed by atoms with Crippen LogP contribution in [0.5, 0.6) is 11.6 Å². The Balaban J connectivity index is 1.23. The average molecular weight is 442 g/mol. The van der Waals surface area contributed by atoms with E-state index in [9.17, 15) is 4.79 Å². The second-order valence-corrected chi connectivity index (χ2v) is 9.09. The van der Waals surface area contributed by atoms with E-state index >= 15 is 0 Å². The third-order valence-corrected chi connectivity index (χ3v) is 6.99. The van der Waals surface area contributed by atoms with Gasteiger partial charge >= 0.3 is 0 Å². The fraction of sp³-hybridized carbons (Fsp3) is 0.357. The molecule has 2 aromatic carbocycles. The summed E-state index contributed by atoms with van der Waals surface area (Å²) in [7, 11) is 1.63. The number of hydrogen-bond acceptors (Lipinski definition) is 4. The number of aromatic nitrogens is 1. The molecule has 5 heteroatoms. The topological polar surface area (TPSA) is 54.5 Å². The molecule has 1 fully saturated rings. The summed E-state index contributed by atoms with van der Waals surface area (Å²) in [5, 5.41) is 2.62. The molecule has 0 saturated heterocycles. The monoisotopic (exact) mass is 441 g/mol. The van der Waals surface area contributed by atoms with E-state index in [1.54, 1.807) is 19.3 Å². The minimum absolute atomic E-state index is 0.0328. The largest absolute Gasteiger partial charge is 0.439 e. The first-order chi connectivity index (χ1) is 16.2. The van der Waals surface area contributed by atoms with Crippen LogP contribution in [0.3, 0.4) is 0 Å². The Morgan fingerprint density at radius 2 is 1.76 bits per heavy atom. The zero-order chi connectivity index (χ0) is 22.6. The maximum Gasteiger partial charge on any atom is 0.224 e. The third-order valence-electron chi connectivity index (χ3n) is 6.99. The molecule has 2 heterocycles. The van der Waals surface area contributed by atoms with Crippen molar-refractivity contribution in [2.75, 3.05) is 20.1 Å². The van der Waals surface area contributed by atoms with Gasteiger partial charge in [-0.25, -0.2) is 4.98 Å². The first-order valence-electron chi connectivity index (χ1n) is 12.0. The highest BCUT2D eigenvalue weighted by molar-refractivity contribution is 5.78. The molecule has 5 nitrogen and oxygen atoms in total. The molecule has 1 N–H and O–H groups in total. The number of carbonyl (C=O) groups is 1. The van der Waals surface area contributed by atoms with Gasteiger partial charge < -0.3 is 10.1 Å². The molecular weight excluding hydrogens is 410 g/mol. The zero-order valence-corrected chi connectivity index (χ0v) is 19.2. The molecule has 0 bridgehead atoms. The second kappa shape index (κ2) is 9.75. The number of pyridine rings is 1. The minimum Gasteiger partial charge on any atom is -0.439 e. The summed E-state index contributed by atoms with van der Waals surface area (Å²) in [5.74, 6) is 1.23. The number of nitrogens with one attached hydrogen (secondary N) is 1. The number of ether oxygens (including phenoxy) is 1. The van der Waals surface area contributed by atoms with Crippen molar-refractivity contribution in [2.24, 2.45) is 0 Å². The highest BCUT2D eigenvalue weighted by Gasteiger charge is 2.26. The first-order valence-corrected chi connectivity index (χ1v) is 12.0. The van der Waals surface area contributed by atoms with E-state index in [4.69, 9.17) is 4.74 Å². The number of likely N-dealkylation sites (N-methyl/N-ethyl adjacent to an activating group) is 1. The van der Waals surface area contributed by atoms with Crippen molar-refractivity contribution in [1.29, 1.82) is 0 Å². The van der Waals surface area contributed by atoms with Crippen molar-refractivity contribution in [3.8, 4) is 22.8 Å². The van der Waals surface area contributed by atoms with Gasteiger partial charge in [0.15, 0.2) is 0 Å². The predicted molar refractivity (Wildman–Crippen MR) is 131 cm³/mol. The van der Waals surface area contributed by atoms with Crippen LogP contribution in [0.25, 0.3) is 11.1 Å². The molecule has 1 aromatic heterocycles. The molecule has 0 atom stereocenters. The molecule has 5 rings (SSSR count). The summed E-state index contributed by atoms with van der Waals surface area (Å²) in [5.41, 5.74) is 6.31. The highest BCUT2D eigenvalue weighted by atomic mass is 16.5. The normalized spacial score (nSPS) is 16.4. The molecule has 1 aliphatic carbocycles. The van der Waals surface area contributed by atoms with Crippen LogP contribution in [0.2, 0.25) is 0 Å². The molecule has 1 saturated carbocycles. The van der Waals surface area contributed by atoms with E-state index in [1.807, 2.05) is 18.2 Å². The van der Waals surface area contributed by atoms with Gasteiger partial charge in [-0.15, -0.1) is 0 Å². The summed E-state index contributed by atoms with van der Waals surface area (Å²) >= 11 is 0. The van der Waals surface area contributed by atoms with Crippen LogP contribution in [0.4, 0.5) is 0 Å². The predicted octanol–water partition coefficient (Wildman–Crippen LogP) is 4.78. The van der Waals surface area contributed by atoms with Crippen LogP contribution in [-0.2, 0) is 24.1 Å². The van der Waals surface area contributed by atoms with Crippen LogP contribution in [-0.4, -0.2) is 42.0 Å². The molecule has 0 radical (unpaired) electrons. The number of nitrogens with zero attached hydrogens (tertiary/aromatic N) is 2. The smallest absolute Gasteiger partial charge is 0.224 e. The lowest BCUT2D eigenvalue weighted by atomic mass is 9.91. The van der Waals surface area contributed by atoms with Crippen molar-refractivity contribution in [3.05, 3.63) is 77.5 Å². The Morgan fingerprint density at radius 3 is 2.42 bits per heavy atom. The average Bonchev–Trinajstić information content (AvgIpc) is 3.02. The third kappa shape index (κ3) is 5.09. The van der Waals surface area contributed by atoms with Crippen molar-refractivity contribution in [2.45, 2.75) is 44.6 Å². The van der Waals surface area contributed by atoms with Gasteiger partial charge in [-0.05, 0) is 65.6 Å². The van der Waals surface area contributed by atoms with Crippen molar-refractivity contribution in [1.82, 2.24) is 15.2 Å². The van der Waals surface area contributed by atoms with Crippen LogP contribution in [0.1, 0.15) is 36.0 Å². The molecular formula is C28H31N3O2. The van der Waals surface area contributed by atoms with Gasteiger partial charge in [-0.3, -0.25) is 9.69 Å². The van der Waals surface area contributed by atoms with E-state index in [-0.39, 0.29) is 5.91 Å². The maximum atomic E-state index is 11.5. The Morgan fingerprint density at radius 1 is 1.00 bits per heavy atom. The number of benzene rings is 2. The summed E-state index contributed by atoms with van der Waals surface area (Å²) in [4.78, 5) is 18.5. The van der Waals surface area contributed by atoms with Gasteiger partial charge in [0.2, 0.25) is 11.8 Å². The number of carbonyl (C=O) groups excluding carboxylic acids is 1. The molecule has 33 heavy (non-hydrogen) atoms. The zero-order valence-electron chi connectivity index (χ0n) is 19.2. The van der Waals surface area contributed by atoms with Gasteiger partial charge in [0.05, 0.1) is 6.42 Å². The summed E-state index contributed by atoms with van der Waals surface area (Å²) in [6.07, 6.45) is 8.46. The van der Waals surface area contributed by atoms with E-state index in [0.29, 0.717) is 12.3 Å². The number of fused-ring (bicyclic) bond motifs is 1. The molecule has 0 unspecified atom stereocenters. The van der Waals surface area contributed by atoms with Crippen molar-refractivity contribution < 1.29 is 9.53 Å². The van der Waals surface area contributed by atoms with Gasteiger partial charge in [-0.1, -0.05) is 42.8 Å². The van der Waals surface area contributed by atoms with Crippen molar-refractivity contribution in [3.63, 3.8) is 0 Å². The molecule has 1 aliphatic heterocycles. The standard InChI is InChI=1S/C28H31N3O2/c1-29-27(32)17-20-5-12-28(30-19-20)33-26-10-8-21(9-11-26)23-7-6-22-13-15-31(25-3-2-4-25)16-14-24(22)18-23/h5-12,18-19,25H,2-4,13-17H2,1H3,(H,29,32). The lowest BCUT2D eigenvalue weighted by Gasteiger charge is -2.36. The lowest BCUT2D eigenvalue weighted by Crippen LogP contribution is -2.41. The fourth-order valence-electron chi connectivity index (χ4n) is 4.72. The van der Waals surface area contributed by atoms with Gasteiger partial charge in [0.1, 0.15) is 5.75 Å². The van der Waals surface area contributed by atoms with Crippen molar-refractivity contribution >= 4 is 5.91 Å². The summed E-state index contributed by atoms with van der Waals surface area (Å²) in [6, 6.07) is 19.6. The van der Waals surface area contributed by atoms with Crippen LogP contribution < -0.4 is 10.1 Å². The van der Waals surface area contributed by atoms with E-state index in [1.165, 1.54) is 54.6 Å². The van der Waals surface area contributed by atoms with E-state index in [2.05, 4.69) is 45.5 Å². The van der Waals surface area contributed by atoms with Crippen LogP contribution >= 0.6 is 0 Å². The van der Waals surface area contributed by atoms with Gasteiger partial charge in [0.25, 0.3) is 0 Å². The number of amides is 1. The number of hydrogen-bond donors (Lipinski definition) is 1. The Labute approximate surface area is 195 Å². The molecule has 170 valence electrons. The lowest BCUT2D eigenvalue weighted by molar-refractivity contribution is -0.119. The summed E-state index contributed by atoms with van der Waals surface area (Å²) in [6.45, 7) is 2.38. The van der Waals surface area contributed by atoms with Crippen LogP contribution in [0.15, 0.2) is 60.8 Å². The second-order valence-electron chi connectivity index (χ2n) is 9.09. The van der Waals surface area contributed by atoms with Crippen LogP contribution in [0, 0.1) is 0 Å². The molecule has 0 spiro atoms. The Kier molecular flexibility index (Phi) is 6.40. The number of rotatable bonds is 6.